The van der Waals surface area contributed by atoms with E-state index in [1.165, 1.54) is 11.1 Å². The van der Waals surface area contributed by atoms with Crippen molar-refractivity contribution in [2.45, 2.75) is 32.1 Å². The van der Waals surface area contributed by atoms with Crippen molar-refractivity contribution in [1.29, 1.82) is 0 Å². The van der Waals surface area contributed by atoms with Crippen molar-refractivity contribution in [3.63, 3.8) is 0 Å². The summed E-state index contributed by atoms with van der Waals surface area (Å²) in [6, 6.07) is 16.5. The molecule has 116 valence electrons. The minimum Gasteiger partial charge on any atom is -0.496 e. The molecule has 2 aromatic carbocycles. The van der Waals surface area contributed by atoms with Crippen molar-refractivity contribution in [3.8, 4) is 5.75 Å². The van der Waals surface area contributed by atoms with Gasteiger partial charge < -0.3 is 9.84 Å². The molecule has 0 saturated heterocycles. The fourth-order valence-electron chi connectivity index (χ4n) is 2.53. The third-order valence-corrected chi connectivity index (χ3v) is 3.73. The van der Waals surface area contributed by atoms with Gasteiger partial charge in [-0.15, -0.1) is 0 Å². The van der Waals surface area contributed by atoms with Crippen LogP contribution >= 0.6 is 0 Å². The number of carboxylic acid groups (broad SMARTS) is 1. The Kier molecular flexibility index (Phi) is 6.01. The minimum atomic E-state index is -0.772. The van der Waals surface area contributed by atoms with E-state index >= 15 is 0 Å². The normalized spacial score (nSPS) is 10.4. The van der Waals surface area contributed by atoms with Crippen molar-refractivity contribution < 1.29 is 14.6 Å². The minimum absolute atomic E-state index is 0.149. The number of hydrogen-bond donors (Lipinski definition) is 1. The third kappa shape index (κ3) is 4.92. The van der Waals surface area contributed by atoms with Gasteiger partial charge in [-0.3, -0.25) is 4.79 Å². The van der Waals surface area contributed by atoms with Crippen LogP contribution in [0.1, 0.15) is 29.5 Å². The molecule has 0 spiro atoms. The molecule has 0 saturated carbocycles. The maximum Gasteiger partial charge on any atom is 0.303 e. The molecule has 0 bridgehead atoms. The van der Waals surface area contributed by atoms with Crippen LogP contribution in [0.25, 0.3) is 0 Å². The van der Waals surface area contributed by atoms with Crippen molar-refractivity contribution >= 4 is 5.97 Å². The van der Waals surface area contributed by atoms with Crippen LogP contribution in [0.4, 0.5) is 0 Å². The lowest BCUT2D eigenvalue weighted by Gasteiger charge is -2.10. The SMILES string of the molecule is COc1cc(CCC(=O)O)ccc1CCCc1ccccc1. The number of carboxylic acids is 1. The fourth-order valence-corrected chi connectivity index (χ4v) is 2.53. The van der Waals surface area contributed by atoms with Crippen molar-refractivity contribution in [1.82, 2.24) is 0 Å². The lowest BCUT2D eigenvalue weighted by molar-refractivity contribution is -0.136. The molecule has 3 nitrogen and oxygen atoms in total. The van der Waals surface area contributed by atoms with Crippen LogP contribution in [-0.2, 0) is 24.1 Å². The Morgan fingerprint density at radius 1 is 1.00 bits per heavy atom. The summed E-state index contributed by atoms with van der Waals surface area (Å²) in [5.74, 6) is 0.0851. The topological polar surface area (TPSA) is 46.5 Å². The van der Waals surface area contributed by atoms with E-state index in [-0.39, 0.29) is 6.42 Å². The predicted octanol–water partition coefficient (Wildman–Crippen LogP) is 3.89. The first-order valence-corrected chi connectivity index (χ1v) is 7.60. The fraction of sp³-hybridized carbons (Fsp3) is 0.316. The van der Waals surface area contributed by atoms with Crippen molar-refractivity contribution in [3.05, 3.63) is 65.2 Å². The summed E-state index contributed by atoms with van der Waals surface area (Å²) in [6.07, 6.45) is 3.75. The average Bonchev–Trinajstić information content (AvgIpc) is 2.54. The Hall–Kier alpha value is -2.29. The van der Waals surface area contributed by atoms with Crippen LogP contribution < -0.4 is 4.74 Å². The number of carbonyl (C=O) groups is 1. The van der Waals surface area contributed by atoms with E-state index in [1.54, 1.807) is 7.11 Å². The lowest BCUT2D eigenvalue weighted by atomic mass is 10.0. The Balaban J connectivity index is 1.94. The highest BCUT2D eigenvalue weighted by Gasteiger charge is 2.06. The first-order chi connectivity index (χ1) is 10.7. The monoisotopic (exact) mass is 298 g/mol. The molecule has 0 heterocycles. The number of methoxy groups -OCH3 is 1. The number of rotatable bonds is 8. The zero-order chi connectivity index (χ0) is 15.8. The van der Waals surface area contributed by atoms with Crippen LogP contribution in [-0.4, -0.2) is 18.2 Å². The number of aliphatic carboxylic acids is 1. The molecule has 2 aromatic rings. The zero-order valence-corrected chi connectivity index (χ0v) is 12.9. The summed E-state index contributed by atoms with van der Waals surface area (Å²) in [6.45, 7) is 0. The Morgan fingerprint density at radius 3 is 2.45 bits per heavy atom. The van der Waals surface area contributed by atoms with Gasteiger partial charge in [0, 0.05) is 6.42 Å². The molecule has 0 aliphatic carbocycles. The summed E-state index contributed by atoms with van der Waals surface area (Å²) in [7, 11) is 1.66. The predicted molar refractivity (Wildman–Crippen MR) is 87.4 cm³/mol. The van der Waals surface area contributed by atoms with E-state index in [1.807, 2.05) is 18.2 Å². The van der Waals surface area contributed by atoms with Crippen LogP contribution in [0.15, 0.2) is 48.5 Å². The summed E-state index contributed by atoms with van der Waals surface area (Å²) < 4.78 is 5.45. The number of ether oxygens (including phenoxy) is 1. The molecular weight excluding hydrogens is 276 g/mol. The van der Waals surface area contributed by atoms with Crippen LogP contribution in [0.2, 0.25) is 0 Å². The van der Waals surface area contributed by atoms with Gasteiger partial charge in [-0.25, -0.2) is 0 Å². The Labute approximate surface area is 131 Å². The van der Waals surface area contributed by atoms with Gasteiger partial charge in [0.25, 0.3) is 0 Å². The second-order valence-corrected chi connectivity index (χ2v) is 5.38. The maximum absolute atomic E-state index is 10.6. The van der Waals surface area contributed by atoms with E-state index in [0.29, 0.717) is 6.42 Å². The molecule has 0 radical (unpaired) electrons. The lowest BCUT2D eigenvalue weighted by Crippen LogP contribution is -1.99. The van der Waals surface area contributed by atoms with Gasteiger partial charge in [-0.1, -0.05) is 42.5 Å². The smallest absolute Gasteiger partial charge is 0.303 e. The molecule has 0 unspecified atom stereocenters. The summed E-state index contributed by atoms with van der Waals surface area (Å²) in [5, 5.41) is 8.75. The quantitative estimate of drug-likeness (QED) is 0.804. The van der Waals surface area contributed by atoms with Gasteiger partial charge in [0.1, 0.15) is 5.75 Å². The highest BCUT2D eigenvalue weighted by molar-refractivity contribution is 5.67. The van der Waals surface area contributed by atoms with Gasteiger partial charge >= 0.3 is 5.97 Å². The van der Waals surface area contributed by atoms with E-state index < -0.39 is 5.97 Å². The standard InChI is InChI=1S/C19H22O3/c1-22-18-14-16(11-13-19(20)21)10-12-17(18)9-5-8-15-6-3-2-4-7-15/h2-4,6-7,10,12,14H,5,8-9,11,13H2,1H3,(H,20,21). The molecule has 0 fully saturated rings. The summed E-state index contributed by atoms with van der Waals surface area (Å²) >= 11 is 0. The number of hydrogen-bond acceptors (Lipinski definition) is 2. The van der Waals surface area contributed by atoms with Gasteiger partial charge in [0.2, 0.25) is 0 Å². The largest absolute Gasteiger partial charge is 0.496 e. The van der Waals surface area contributed by atoms with Crippen molar-refractivity contribution in [2.75, 3.05) is 7.11 Å². The summed E-state index contributed by atoms with van der Waals surface area (Å²) in [4.78, 5) is 10.6. The average molecular weight is 298 g/mol. The molecule has 0 aromatic heterocycles. The third-order valence-electron chi connectivity index (χ3n) is 3.73. The molecule has 22 heavy (non-hydrogen) atoms. The van der Waals surface area contributed by atoms with Crippen LogP contribution in [0.3, 0.4) is 0 Å². The van der Waals surface area contributed by atoms with Gasteiger partial charge in [0.05, 0.1) is 7.11 Å². The number of aryl methyl sites for hydroxylation is 3. The molecule has 0 atom stereocenters. The van der Waals surface area contributed by atoms with Crippen molar-refractivity contribution in [2.24, 2.45) is 0 Å². The summed E-state index contributed by atoms with van der Waals surface area (Å²) in [5.41, 5.74) is 3.53. The zero-order valence-electron chi connectivity index (χ0n) is 12.9. The molecule has 0 aliphatic heterocycles. The van der Waals surface area contributed by atoms with E-state index in [4.69, 9.17) is 9.84 Å². The highest BCUT2D eigenvalue weighted by Crippen LogP contribution is 2.23. The first-order valence-electron chi connectivity index (χ1n) is 7.60. The second kappa shape index (κ2) is 8.23. The van der Waals surface area contributed by atoms with Crippen LogP contribution in [0, 0.1) is 0 Å². The number of benzene rings is 2. The Bertz CT molecular complexity index is 605. The molecule has 3 heteroatoms. The van der Waals surface area contributed by atoms with E-state index in [0.717, 1.165) is 30.6 Å². The Morgan fingerprint density at radius 2 is 1.77 bits per heavy atom. The molecule has 1 N–H and O–H groups in total. The van der Waals surface area contributed by atoms with E-state index in [2.05, 4.69) is 30.3 Å². The highest BCUT2D eigenvalue weighted by atomic mass is 16.5. The molecule has 0 amide bonds. The first kappa shape index (κ1) is 16.1. The molecule has 2 rings (SSSR count). The van der Waals surface area contributed by atoms with Gasteiger partial charge in [-0.05, 0) is 48.4 Å². The maximum atomic E-state index is 10.6. The molecule has 0 aliphatic rings. The van der Waals surface area contributed by atoms with E-state index in [9.17, 15) is 4.79 Å². The molecular formula is C19H22O3. The van der Waals surface area contributed by atoms with Crippen LogP contribution in [0.5, 0.6) is 5.75 Å². The van der Waals surface area contributed by atoms with Gasteiger partial charge in [-0.2, -0.15) is 0 Å². The second-order valence-electron chi connectivity index (χ2n) is 5.38. The van der Waals surface area contributed by atoms with Gasteiger partial charge in [0.15, 0.2) is 0 Å².